The molecular formula is C28H26N4O3. The first-order chi connectivity index (χ1) is 17.0. The molecule has 0 bridgehead atoms. The van der Waals surface area contributed by atoms with E-state index >= 15 is 0 Å². The average molecular weight is 467 g/mol. The van der Waals surface area contributed by atoms with Crippen LogP contribution in [0.5, 0.6) is 17.2 Å². The normalized spacial score (nSPS) is 16.7. The predicted molar refractivity (Wildman–Crippen MR) is 134 cm³/mol. The number of hydrogen-bond acceptors (Lipinski definition) is 6. The van der Waals surface area contributed by atoms with Gasteiger partial charge in [-0.15, -0.1) is 0 Å². The summed E-state index contributed by atoms with van der Waals surface area (Å²) in [7, 11) is 1.64. The summed E-state index contributed by atoms with van der Waals surface area (Å²) >= 11 is 0. The van der Waals surface area contributed by atoms with E-state index < -0.39 is 0 Å². The summed E-state index contributed by atoms with van der Waals surface area (Å²) in [6, 6.07) is 20.6. The highest BCUT2D eigenvalue weighted by Crippen LogP contribution is 2.40. The van der Waals surface area contributed by atoms with E-state index in [4.69, 9.17) is 14.5 Å². The summed E-state index contributed by atoms with van der Waals surface area (Å²) in [5.74, 6) is 2.88. The SMILES string of the molecule is COc1ccc2c(c1)C(N1CCN(C(=O)c3cccc(C#N)c3)C(C)C1)=Nc1ccc(C)cc1O2. The highest BCUT2D eigenvalue weighted by atomic mass is 16.5. The minimum Gasteiger partial charge on any atom is -0.497 e. The van der Waals surface area contributed by atoms with Crippen LogP contribution in [-0.4, -0.2) is 54.3 Å². The number of nitrogens with zero attached hydrogens (tertiary/aromatic N) is 4. The molecular weight excluding hydrogens is 440 g/mol. The number of piperazine rings is 1. The Hall–Kier alpha value is -4.31. The summed E-state index contributed by atoms with van der Waals surface area (Å²) in [5.41, 5.74) is 3.73. The Balaban J connectivity index is 1.47. The number of benzene rings is 3. The molecule has 1 unspecified atom stereocenters. The second kappa shape index (κ2) is 9.15. The predicted octanol–water partition coefficient (Wildman–Crippen LogP) is 4.91. The van der Waals surface area contributed by atoms with Gasteiger partial charge in [0, 0.05) is 31.2 Å². The van der Waals surface area contributed by atoms with Gasteiger partial charge < -0.3 is 19.3 Å². The molecule has 0 spiro atoms. The Bertz CT molecular complexity index is 1370. The molecule has 35 heavy (non-hydrogen) atoms. The number of carbonyl (C=O) groups is 1. The van der Waals surface area contributed by atoms with Crippen LogP contribution in [0, 0.1) is 18.3 Å². The lowest BCUT2D eigenvalue weighted by molar-refractivity contribution is 0.0581. The molecule has 0 radical (unpaired) electrons. The number of hydrogen-bond donors (Lipinski definition) is 0. The number of methoxy groups -OCH3 is 1. The van der Waals surface area contributed by atoms with Gasteiger partial charge >= 0.3 is 0 Å². The first-order valence-corrected chi connectivity index (χ1v) is 11.6. The van der Waals surface area contributed by atoms with E-state index in [-0.39, 0.29) is 11.9 Å². The third-order valence-electron chi connectivity index (χ3n) is 6.42. The number of nitriles is 1. The topological polar surface area (TPSA) is 78.2 Å². The molecule has 0 aliphatic carbocycles. The van der Waals surface area contributed by atoms with Crippen molar-refractivity contribution in [2.75, 3.05) is 26.7 Å². The van der Waals surface area contributed by atoms with Gasteiger partial charge in [-0.1, -0.05) is 12.1 Å². The summed E-state index contributed by atoms with van der Waals surface area (Å²) in [5, 5.41) is 9.20. The minimum absolute atomic E-state index is 0.0552. The smallest absolute Gasteiger partial charge is 0.254 e. The van der Waals surface area contributed by atoms with Crippen LogP contribution in [0.4, 0.5) is 5.69 Å². The summed E-state index contributed by atoms with van der Waals surface area (Å²) in [6.45, 7) is 5.83. The maximum Gasteiger partial charge on any atom is 0.254 e. The van der Waals surface area contributed by atoms with Crippen LogP contribution in [0.2, 0.25) is 0 Å². The molecule has 1 atom stereocenters. The number of rotatable bonds is 2. The lowest BCUT2D eigenvalue weighted by Crippen LogP contribution is -2.55. The van der Waals surface area contributed by atoms with E-state index in [1.165, 1.54) is 0 Å². The van der Waals surface area contributed by atoms with Crippen molar-refractivity contribution in [2.24, 2.45) is 4.99 Å². The Morgan fingerprint density at radius 3 is 2.74 bits per heavy atom. The fourth-order valence-electron chi connectivity index (χ4n) is 4.57. The van der Waals surface area contributed by atoms with Crippen LogP contribution >= 0.6 is 0 Å². The zero-order chi connectivity index (χ0) is 24.5. The van der Waals surface area contributed by atoms with Gasteiger partial charge in [0.1, 0.15) is 23.0 Å². The monoisotopic (exact) mass is 466 g/mol. The molecule has 2 heterocycles. The number of amides is 1. The van der Waals surface area contributed by atoms with Crippen LogP contribution in [-0.2, 0) is 0 Å². The van der Waals surface area contributed by atoms with Crippen LogP contribution in [0.1, 0.15) is 34.0 Å². The van der Waals surface area contributed by atoms with Crippen molar-refractivity contribution in [3.63, 3.8) is 0 Å². The largest absolute Gasteiger partial charge is 0.497 e. The number of aryl methyl sites for hydroxylation is 1. The molecule has 2 aliphatic heterocycles. The Morgan fingerprint density at radius 2 is 1.97 bits per heavy atom. The Labute approximate surface area is 204 Å². The van der Waals surface area contributed by atoms with Crippen molar-refractivity contribution in [3.05, 3.63) is 82.9 Å². The van der Waals surface area contributed by atoms with Gasteiger partial charge in [0.2, 0.25) is 0 Å². The molecule has 176 valence electrons. The number of ether oxygens (including phenoxy) is 2. The van der Waals surface area contributed by atoms with Crippen molar-refractivity contribution >= 4 is 17.4 Å². The van der Waals surface area contributed by atoms with Crippen molar-refractivity contribution in [2.45, 2.75) is 19.9 Å². The molecule has 3 aromatic carbocycles. The average Bonchev–Trinajstić information content (AvgIpc) is 3.04. The van der Waals surface area contributed by atoms with E-state index in [0.717, 1.165) is 28.4 Å². The first kappa shape index (κ1) is 22.5. The van der Waals surface area contributed by atoms with Gasteiger partial charge in [-0.05, 0) is 67.9 Å². The van der Waals surface area contributed by atoms with Crippen LogP contribution < -0.4 is 9.47 Å². The molecule has 0 N–H and O–H groups in total. The third-order valence-corrected chi connectivity index (χ3v) is 6.42. The standard InChI is InChI=1S/C28H26N4O3/c1-18-7-9-24-26(13-18)35-25-10-8-22(34-3)15-23(25)27(30-24)31-11-12-32(19(2)17-31)28(33)21-6-4-5-20(14-21)16-29/h4-10,13-15,19H,11-12,17H2,1-3H3. The molecule has 3 aromatic rings. The molecule has 7 heteroatoms. The molecule has 1 saturated heterocycles. The molecule has 1 fully saturated rings. The van der Waals surface area contributed by atoms with Gasteiger partial charge in [-0.25, -0.2) is 4.99 Å². The van der Waals surface area contributed by atoms with Gasteiger partial charge in [0.25, 0.3) is 5.91 Å². The number of carbonyl (C=O) groups excluding carboxylic acids is 1. The fourth-order valence-corrected chi connectivity index (χ4v) is 4.57. The van der Waals surface area contributed by atoms with E-state index in [1.807, 2.05) is 55.1 Å². The van der Waals surface area contributed by atoms with Gasteiger partial charge in [-0.3, -0.25) is 4.79 Å². The highest BCUT2D eigenvalue weighted by Gasteiger charge is 2.32. The van der Waals surface area contributed by atoms with E-state index in [2.05, 4.69) is 11.0 Å². The number of aliphatic imine (C=N–C) groups is 1. The van der Waals surface area contributed by atoms with Crippen LogP contribution in [0.25, 0.3) is 0 Å². The van der Waals surface area contributed by atoms with E-state index in [9.17, 15) is 10.1 Å². The van der Waals surface area contributed by atoms with E-state index in [0.29, 0.717) is 42.3 Å². The number of fused-ring (bicyclic) bond motifs is 2. The maximum atomic E-state index is 13.2. The lowest BCUT2D eigenvalue weighted by atomic mass is 10.1. The fraction of sp³-hybridized carbons (Fsp3) is 0.250. The highest BCUT2D eigenvalue weighted by molar-refractivity contribution is 6.04. The summed E-state index contributed by atoms with van der Waals surface area (Å²) in [4.78, 5) is 22.3. The molecule has 2 aliphatic rings. The van der Waals surface area contributed by atoms with Crippen molar-refractivity contribution in [1.29, 1.82) is 5.26 Å². The number of amidine groups is 1. The van der Waals surface area contributed by atoms with Gasteiger partial charge in [-0.2, -0.15) is 5.26 Å². The van der Waals surface area contributed by atoms with Crippen LogP contribution in [0.3, 0.4) is 0 Å². The van der Waals surface area contributed by atoms with Gasteiger partial charge in [0.05, 0.1) is 24.3 Å². The second-order valence-electron chi connectivity index (χ2n) is 8.86. The molecule has 5 rings (SSSR count). The molecule has 0 aromatic heterocycles. The van der Waals surface area contributed by atoms with Crippen molar-refractivity contribution in [3.8, 4) is 23.3 Å². The zero-order valence-corrected chi connectivity index (χ0v) is 20.0. The third kappa shape index (κ3) is 4.31. The zero-order valence-electron chi connectivity index (χ0n) is 20.0. The van der Waals surface area contributed by atoms with Crippen molar-refractivity contribution < 1.29 is 14.3 Å². The minimum atomic E-state index is -0.0664. The molecule has 0 saturated carbocycles. The Kier molecular flexibility index (Phi) is 5.87. The molecule has 7 nitrogen and oxygen atoms in total. The summed E-state index contributed by atoms with van der Waals surface area (Å²) < 4.78 is 11.8. The summed E-state index contributed by atoms with van der Waals surface area (Å²) in [6.07, 6.45) is 0. The van der Waals surface area contributed by atoms with Gasteiger partial charge in [0.15, 0.2) is 5.75 Å². The first-order valence-electron chi connectivity index (χ1n) is 11.6. The quantitative estimate of drug-likeness (QED) is 0.537. The lowest BCUT2D eigenvalue weighted by Gasteiger charge is -2.41. The van der Waals surface area contributed by atoms with Crippen molar-refractivity contribution in [1.82, 2.24) is 9.80 Å². The molecule has 1 amide bonds. The second-order valence-corrected chi connectivity index (χ2v) is 8.86. The maximum absolute atomic E-state index is 13.2. The Morgan fingerprint density at radius 1 is 1.11 bits per heavy atom. The van der Waals surface area contributed by atoms with E-state index in [1.54, 1.807) is 31.4 Å². The van der Waals surface area contributed by atoms with Crippen LogP contribution in [0.15, 0.2) is 65.7 Å².